The smallest absolute Gasteiger partial charge is 0.222 e. The number of hydrogen-bond donors (Lipinski definition) is 1. The Bertz CT molecular complexity index is 873. The summed E-state index contributed by atoms with van der Waals surface area (Å²) in [6.07, 6.45) is 5.47. The summed E-state index contributed by atoms with van der Waals surface area (Å²) in [7, 11) is 4.03. The van der Waals surface area contributed by atoms with Crippen LogP contribution >= 0.6 is 32.9 Å². The zero-order valence-electron chi connectivity index (χ0n) is 17.7. The third-order valence-corrected chi connectivity index (χ3v) is 9.64. The Morgan fingerprint density at radius 3 is 2.74 bits per heavy atom. The second kappa shape index (κ2) is 11.3. The van der Waals surface area contributed by atoms with Gasteiger partial charge in [0.05, 0.1) is 10.6 Å². The maximum atomic E-state index is 12.6. The summed E-state index contributed by atoms with van der Waals surface area (Å²) in [5.41, 5.74) is 8.14. The van der Waals surface area contributed by atoms with E-state index in [-0.39, 0.29) is 0 Å². The van der Waals surface area contributed by atoms with Gasteiger partial charge in [-0.05, 0) is 48.9 Å². The van der Waals surface area contributed by atoms with Crippen molar-refractivity contribution >= 4 is 56.0 Å². The molecule has 0 aliphatic carbocycles. The van der Waals surface area contributed by atoms with Gasteiger partial charge in [-0.15, -0.1) is 11.3 Å². The monoisotopic (exact) mass is 474 g/mol. The standard InChI is InChI=1S/C23H30N4OS3/c24-23(21-8-4-15-29-21)25-18-5-3-6-19(17-18)26-11-13-27(14-12-26)22(28)9-2-1-7-20-10-16-30-31-20/h3-6,8,15,17,20H,1-2,7,9-14,16H2,(H2,24,25). The van der Waals surface area contributed by atoms with E-state index < -0.39 is 0 Å². The first-order valence-corrected chi connectivity index (χ1v) is 14.2. The molecule has 2 N–H and O–H groups in total. The van der Waals surface area contributed by atoms with Gasteiger partial charge in [-0.25, -0.2) is 4.99 Å². The fraction of sp³-hybridized carbons (Fsp3) is 0.478. The minimum Gasteiger partial charge on any atom is -0.383 e. The molecule has 31 heavy (non-hydrogen) atoms. The number of carbonyl (C=O) groups excluding carboxylic acids is 1. The summed E-state index contributed by atoms with van der Waals surface area (Å²) in [6.45, 7) is 3.29. The van der Waals surface area contributed by atoms with Crippen molar-refractivity contribution in [3.8, 4) is 0 Å². The molecule has 4 rings (SSSR count). The molecule has 8 heteroatoms. The molecule has 0 saturated carbocycles. The fourth-order valence-electron chi connectivity index (χ4n) is 3.96. The van der Waals surface area contributed by atoms with Crippen molar-refractivity contribution in [2.75, 3.05) is 36.8 Å². The SMILES string of the molecule is N/C(=N\c1cccc(N2CCN(C(=O)CCCCC3CCSS3)CC2)c1)c1cccs1. The minimum atomic E-state index is 0.315. The lowest BCUT2D eigenvalue weighted by Crippen LogP contribution is -2.48. The molecule has 2 saturated heterocycles. The van der Waals surface area contributed by atoms with Crippen LogP contribution < -0.4 is 10.6 Å². The zero-order valence-corrected chi connectivity index (χ0v) is 20.2. The average Bonchev–Trinajstić information content (AvgIpc) is 3.51. The normalized spacial score (nSPS) is 19.7. The van der Waals surface area contributed by atoms with Crippen molar-refractivity contribution in [3.05, 3.63) is 46.7 Å². The lowest BCUT2D eigenvalue weighted by atomic mass is 10.1. The predicted octanol–water partition coefficient (Wildman–Crippen LogP) is 5.15. The van der Waals surface area contributed by atoms with Gasteiger partial charge in [0.2, 0.25) is 5.91 Å². The largest absolute Gasteiger partial charge is 0.383 e. The number of aliphatic imine (C=N–C) groups is 1. The van der Waals surface area contributed by atoms with E-state index in [1.807, 2.05) is 56.1 Å². The number of unbranched alkanes of at least 4 members (excludes halogenated alkanes) is 1. The van der Waals surface area contributed by atoms with Gasteiger partial charge in [0.25, 0.3) is 0 Å². The summed E-state index contributed by atoms with van der Waals surface area (Å²) in [5.74, 6) is 2.15. The van der Waals surface area contributed by atoms with Gasteiger partial charge >= 0.3 is 0 Å². The van der Waals surface area contributed by atoms with E-state index in [0.29, 0.717) is 18.2 Å². The topological polar surface area (TPSA) is 61.9 Å². The molecule has 1 atom stereocenters. The summed E-state index contributed by atoms with van der Waals surface area (Å²) in [5, 5.41) is 2.81. The Hall–Kier alpha value is -1.64. The quantitative estimate of drug-likeness (QED) is 0.248. The van der Waals surface area contributed by atoms with Crippen LogP contribution in [0.5, 0.6) is 0 Å². The number of carbonyl (C=O) groups is 1. The highest BCUT2D eigenvalue weighted by molar-refractivity contribution is 8.77. The van der Waals surface area contributed by atoms with Crippen molar-refractivity contribution < 1.29 is 4.79 Å². The molecule has 0 bridgehead atoms. The number of nitrogens with two attached hydrogens (primary N) is 1. The van der Waals surface area contributed by atoms with Gasteiger partial charge in [0.15, 0.2) is 0 Å². The number of amides is 1. The fourth-order valence-corrected chi connectivity index (χ4v) is 7.62. The van der Waals surface area contributed by atoms with Crippen LogP contribution in [0.3, 0.4) is 0 Å². The molecular formula is C23H30N4OS3. The number of piperazine rings is 1. The molecule has 3 heterocycles. The Balaban J connectivity index is 1.24. The van der Waals surface area contributed by atoms with E-state index in [2.05, 4.69) is 22.0 Å². The van der Waals surface area contributed by atoms with Gasteiger partial charge in [-0.1, -0.05) is 40.1 Å². The van der Waals surface area contributed by atoms with Gasteiger partial charge in [0.1, 0.15) is 5.84 Å². The first kappa shape index (κ1) is 22.6. The number of thiophene rings is 1. The maximum Gasteiger partial charge on any atom is 0.222 e. The van der Waals surface area contributed by atoms with Crippen molar-refractivity contribution in [2.45, 2.75) is 37.4 Å². The summed E-state index contributed by atoms with van der Waals surface area (Å²) >= 11 is 1.59. The third kappa shape index (κ3) is 6.43. The van der Waals surface area contributed by atoms with Crippen molar-refractivity contribution in [1.82, 2.24) is 4.90 Å². The average molecular weight is 475 g/mol. The van der Waals surface area contributed by atoms with Crippen LogP contribution in [0, 0.1) is 0 Å². The number of rotatable bonds is 8. The maximum absolute atomic E-state index is 12.6. The van der Waals surface area contributed by atoms with Crippen LogP contribution in [-0.4, -0.2) is 53.8 Å². The predicted molar refractivity (Wildman–Crippen MR) is 137 cm³/mol. The van der Waals surface area contributed by atoms with Gasteiger partial charge in [-0.2, -0.15) is 0 Å². The molecule has 1 aromatic carbocycles. The van der Waals surface area contributed by atoms with E-state index in [1.54, 1.807) is 11.3 Å². The Morgan fingerprint density at radius 2 is 2.00 bits per heavy atom. The molecule has 1 unspecified atom stereocenters. The van der Waals surface area contributed by atoms with Crippen LogP contribution in [0.2, 0.25) is 0 Å². The molecule has 2 aromatic rings. The van der Waals surface area contributed by atoms with Gasteiger partial charge in [-0.3, -0.25) is 4.79 Å². The van der Waals surface area contributed by atoms with Crippen molar-refractivity contribution in [2.24, 2.45) is 10.7 Å². The highest BCUT2D eigenvalue weighted by Gasteiger charge is 2.21. The lowest BCUT2D eigenvalue weighted by Gasteiger charge is -2.36. The lowest BCUT2D eigenvalue weighted by molar-refractivity contribution is -0.131. The van der Waals surface area contributed by atoms with E-state index in [1.165, 1.54) is 25.0 Å². The number of hydrogen-bond acceptors (Lipinski definition) is 6. The van der Waals surface area contributed by atoms with Crippen molar-refractivity contribution in [3.63, 3.8) is 0 Å². The van der Waals surface area contributed by atoms with Crippen LogP contribution in [0.25, 0.3) is 0 Å². The highest BCUT2D eigenvalue weighted by Crippen LogP contribution is 2.39. The van der Waals surface area contributed by atoms with Crippen LogP contribution in [0.15, 0.2) is 46.8 Å². The zero-order chi connectivity index (χ0) is 21.5. The third-order valence-electron chi connectivity index (χ3n) is 5.74. The van der Waals surface area contributed by atoms with Crippen LogP contribution in [-0.2, 0) is 4.79 Å². The molecular weight excluding hydrogens is 444 g/mol. The Kier molecular flexibility index (Phi) is 8.21. The number of anilines is 1. The molecule has 2 aliphatic heterocycles. The molecule has 0 spiro atoms. The van der Waals surface area contributed by atoms with Gasteiger partial charge in [0, 0.05) is 49.3 Å². The summed E-state index contributed by atoms with van der Waals surface area (Å²) in [6, 6.07) is 12.2. The first-order valence-electron chi connectivity index (χ1n) is 11.0. The van der Waals surface area contributed by atoms with E-state index in [0.717, 1.165) is 54.1 Å². The van der Waals surface area contributed by atoms with E-state index in [9.17, 15) is 4.79 Å². The van der Waals surface area contributed by atoms with E-state index >= 15 is 0 Å². The highest BCUT2D eigenvalue weighted by atomic mass is 33.1. The number of nitrogens with zero attached hydrogens (tertiary/aromatic N) is 3. The molecule has 2 aliphatic rings. The molecule has 1 aromatic heterocycles. The first-order chi connectivity index (χ1) is 15.2. The Morgan fingerprint density at radius 1 is 1.13 bits per heavy atom. The second-order valence-electron chi connectivity index (χ2n) is 7.94. The molecule has 1 amide bonds. The molecule has 2 fully saturated rings. The van der Waals surface area contributed by atoms with Crippen LogP contribution in [0.1, 0.15) is 37.0 Å². The molecule has 0 radical (unpaired) electrons. The summed E-state index contributed by atoms with van der Waals surface area (Å²) < 4.78 is 0. The minimum absolute atomic E-state index is 0.315. The van der Waals surface area contributed by atoms with Crippen LogP contribution in [0.4, 0.5) is 11.4 Å². The molecule has 166 valence electrons. The van der Waals surface area contributed by atoms with Gasteiger partial charge < -0.3 is 15.5 Å². The second-order valence-corrected chi connectivity index (χ2v) is 11.7. The van der Waals surface area contributed by atoms with E-state index in [4.69, 9.17) is 5.73 Å². The Labute approximate surface area is 196 Å². The summed E-state index contributed by atoms with van der Waals surface area (Å²) in [4.78, 5) is 22.5. The molecule has 5 nitrogen and oxygen atoms in total. The number of benzene rings is 1. The van der Waals surface area contributed by atoms with Crippen molar-refractivity contribution in [1.29, 1.82) is 0 Å². The number of amidine groups is 1.